The van der Waals surface area contributed by atoms with Crippen molar-refractivity contribution in [2.75, 3.05) is 0 Å². The van der Waals surface area contributed by atoms with Crippen LogP contribution in [0.5, 0.6) is 0 Å². The topological polar surface area (TPSA) is 121 Å². The lowest BCUT2D eigenvalue weighted by Gasteiger charge is -2.20. The molecule has 0 heterocycles. The number of aliphatic carboxylic acids is 3. The van der Waals surface area contributed by atoms with E-state index < -0.39 is 42.5 Å². The molecular formula is C9H14O7. The maximum absolute atomic E-state index is 10.7. The molecule has 0 radical (unpaired) electrons. The van der Waals surface area contributed by atoms with Crippen LogP contribution in [0.3, 0.4) is 0 Å². The second-order valence-corrected chi connectivity index (χ2v) is 3.56. The highest BCUT2D eigenvalue weighted by molar-refractivity contribution is 5.80. The van der Waals surface area contributed by atoms with Crippen molar-refractivity contribution in [1.29, 1.82) is 0 Å². The summed E-state index contributed by atoms with van der Waals surface area (Å²) in [5, 5.41) is 25.8. The number of rotatable bonds is 7. The number of carboxylic acid groups (broad SMARTS) is 3. The minimum Gasteiger partial charge on any atom is -0.481 e. The lowest BCUT2D eigenvalue weighted by Crippen LogP contribution is -2.38. The van der Waals surface area contributed by atoms with Crippen LogP contribution < -0.4 is 0 Å². The van der Waals surface area contributed by atoms with Crippen LogP contribution in [0.2, 0.25) is 0 Å². The minimum atomic E-state index is -1.65. The Hall–Kier alpha value is -1.63. The summed E-state index contributed by atoms with van der Waals surface area (Å²) in [6.07, 6.45) is -3.76. The summed E-state index contributed by atoms with van der Waals surface area (Å²) in [5.74, 6) is -4.62. The van der Waals surface area contributed by atoms with Crippen molar-refractivity contribution in [2.45, 2.75) is 32.5 Å². The van der Waals surface area contributed by atoms with Crippen molar-refractivity contribution in [1.82, 2.24) is 0 Å². The molecule has 7 heteroatoms. The molecule has 0 aliphatic heterocycles. The molecule has 0 spiro atoms. The zero-order chi connectivity index (χ0) is 12.9. The van der Waals surface area contributed by atoms with Gasteiger partial charge in [-0.05, 0) is 5.92 Å². The van der Waals surface area contributed by atoms with Gasteiger partial charge in [0.15, 0.2) is 12.2 Å². The van der Waals surface area contributed by atoms with E-state index in [0.717, 1.165) is 0 Å². The van der Waals surface area contributed by atoms with Gasteiger partial charge in [0.2, 0.25) is 0 Å². The average Bonchev–Trinajstić information content (AvgIpc) is 2.09. The zero-order valence-electron chi connectivity index (χ0n) is 8.91. The van der Waals surface area contributed by atoms with Gasteiger partial charge in [0.25, 0.3) is 0 Å². The van der Waals surface area contributed by atoms with E-state index in [4.69, 9.17) is 20.1 Å². The Morgan fingerprint density at radius 3 is 1.81 bits per heavy atom. The maximum Gasteiger partial charge on any atom is 0.333 e. The van der Waals surface area contributed by atoms with E-state index in [1.165, 1.54) is 0 Å². The Morgan fingerprint density at radius 1 is 1.06 bits per heavy atom. The summed E-state index contributed by atoms with van der Waals surface area (Å²) < 4.78 is 4.77. The normalized spacial score (nSPS) is 14.4. The highest BCUT2D eigenvalue weighted by Gasteiger charge is 2.31. The molecule has 0 aromatic rings. The molecule has 0 aromatic heterocycles. The van der Waals surface area contributed by atoms with Crippen LogP contribution in [-0.2, 0) is 19.1 Å². The first-order chi connectivity index (χ1) is 7.25. The van der Waals surface area contributed by atoms with Gasteiger partial charge in [-0.1, -0.05) is 13.8 Å². The van der Waals surface area contributed by atoms with Gasteiger partial charge in [-0.25, -0.2) is 9.59 Å². The number of hydrogen-bond acceptors (Lipinski definition) is 4. The first-order valence-corrected chi connectivity index (χ1v) is 4.58. The smallest absolute Gasteiger partial charge is 0.333 e. The van der Waals surface area contributed by atoms with E-state index in [0.29, 0.717) is 0 Å². The highest BCUT2D eigenvalue weighted by Crippen LogP contribution is 2.12. The van der Waals surface area contributed by atoms with Crippen LogP contribution in [0.1, 0.15) is 20.3 Å². The van der Waals surface area contributed by atoms with Gasteiger partial charge in [-0.15, -0.1) is 0 Å². The number of hydrogen-bond donors (Lipinski definition) is 3. The second kappa shape index (κ2) is 6.06. The lowest BCUT2D eigenvalue weighted by atomic mass is 10.1. The molecule has 0 fully saturated rings. The van der Waals surface area contributed by atoms with Gasteiger partial charge in [0.1, 0.15) is 0 Å². The van der Waals surface area contributed by atoms with Crippen LogP contribution in [0.4, 0.5) is 0 Å². The predicted octanol–water partition coefficient (Wildman–Crippen LogP) is 0.0401. The molecule has 0 aliphatic rings. The Labute approximate surface area is 91.6 Å². The van der Waals surface area contributed by atoms with E-state index in [-0.39, 0.29) is 0 Å². The maximum atomic E-state index is 10.7. The molecule has 0 saturated carbocycles. The van der Waals surface area contributed by atoms with E-state index >= 15 is 0 Å². The minimum absolute atomic E-state index is 0.451. The van der Waals surface area contributed by atoms with E-state index in [9.17, 15) is 14.4 Å². The average molecular weight is 234 g/mol. The SMILES string of the molecule is CC(C)C(OC(CC(=O)O)C(=O)O)C(=O)O. The van der Waals surface area contributed by atoms with E-state index in [1.807, 2.05) is 0 Å². The molecule has 0 bridgehead atoms. The largest absolute Gasteiger partial charge is 0.481 e. The van der Waals surface area contributed by atoms with Crippen LogP contribution in [0, 0.1) is 5.92 Å². The van der Waals surface area contributed by atoms with Crippen molar-refractivity contribution in [3.8, 4) is 0 Å². The van der Waals surface area contributed by atoms with Crippen molar-refractivity contribution in [3.05, 3.63) is 0 Å². The molecule has 0 amide bonds. The molecular weight excluding hydrogens is 220 g/mol. The first kappa shape index (κ1) is 14.4. The van der Waals surface area contributed by atoms with Gasteiger partial charge in [0, 0.05) is 0 Å². The molecule has 0 aromatic carbocycles. The summed E-state index contributed by atoms with van der Waals surface area (Å²) >= 11 is 0. The third-order valence-electron chi connectivity index (χ3n) is 1.80. The Kier molecular flexibility index (Phi) is 5.44. The van der Waals surface area contributed by atoms with Gasteiger partial charge in [-0.2, -0.15) is 0 Å². The Bertz CT molecular complexity index is 284. The predicted molar refractivity (Wildman–Crippen MR) is 51.0 cm³/mol. The van der Waals surface area contributed by atoms with Gasteiger partial charge < -0.3 is 20.1 Å². The molecule has 92 valence electrons. The monoisotopic (exact) mass is 234 g/mol. The summed E-state index contributed by atoms with van der Waals surface area (Å²) in [6, 6.07) is 0. The Morgan fingerprint density at radius 2 is 1.56 bits per heavy atom. The fourth-order valence-electron chi connectivity index (χ4n) is 1.03. The van der Waals surface area contributed by atoms with E-state index in [1.54, 1.807) is 13.8 Å². The molecule has 3 N–H and O–H groups in total. The van der Waals surface area contributed by atoms with Crippen molar-refractivity contribution >= 4 is 17.9 Å². The quantitative estimate of drug-likeness (QED) is 0.568. The number of carboxylic acids is 3. The molecule has 0 aliphatic carbocycles. The molecule has 7 nitrogen and oxygen atoms in total. The Balaban J connectivity index is 4.64. The van der Waals surface area contributed by atoms with Gasteiger partial charge in [-0.3, -0.25) is 4.79 Å². The molecule has 16 heavy (non-hydrogen) atoms. The van der Waals surface area contributed by atoms with Crippen LogP contribution in [0.25, 0.3) is 0 Å². The third kappa shape index (κ3) is 4.74. The van der Waals surface area contributed by atoms with Crippen LogP contribution in [-0.4, -0.2) is 45.4 Å². The van der Waals surface area contributed by atoms with E-state index in [2.05, 4.69) is 0 Å². The summed E-state index contributed by atoms with van der Waals surface area (Å²) in [5.41, 5.74) is 0. The van der Waals surface area contributed by atoms with Crippen molar-refractivity contribution < 1.29 is 34.4 Å². The second-order valence-electron chi connectivity index (χ2n) is 3.56. The highest BCUT2D eigenvalue weighted by atomic mass is 16.5. The summed E-state index contributed by atoms with van der Waals surface area (Å²) in [4.78, 5) is 31.7. The molecule has 2 atom stereocenters. The number of ether oxygens (including phenoxy) is 1. The van der Waals surface area contributed by atoms with Crippen molar-refractivity contribution in [3.63, 3.8) is 0 Å². The van der Waals surface area contributed by atoms with Crippen molar-refractivity contribution in [2.24, 2.45) is 5.92 Å². The number of carbonyl (C=O) groups is 3. The third-order valence-corrected chi connectivity index (χ3v) is 1.80. The lowest BCUT2D eigenvalue weighted by molar-refractivity contribution is -0.172. The fraction of sp³-hybridized carbons (Fsp3) is 0.667. The molecule has 0 saturated heterocycles. The van der Waals surface area contributed by atoms with Crippen LogP contribution in [0.15, 0.2) is 0 Å². The van der Waals surface area contributed by atoms with Crippen LogP contribution >= 0.6 is 0 Å². The zero-order valence-corrected chi connectivity index (χ0v) is 8.91. The fourth-order valence-corrected chi connectivity index (χ4v) is 1.03. The summed E-state index contributed by atoms with van der Waals surface area (Å²) in [7, 11) is 0. The first-order valence-electron chi connectivity index (χ1n) is 4.58. The van der Waals surface area contributed by atoms with Gasteiger partial charge >= 0.3 is 17.9 Å². The standard InChI is InChI=1S/C9H14O7/c1-4(2)7(9(14)15)16-5(8(12)13)3-6(10)11/h4-5,7H,3H2,1-2H3,(H,10,11)(H,12,13)(H,14,15). The van der Waals surface area contributed by atoms with Gasteiger partial charge in [0.05, 0.1) is 6.42 Å². The summed E-state index contributed by atoms with van der Waals surface area (Å²) in [6.45, 7) is 3.08. The molecule has 2 unspecified atom stereocenters. The molecule has 0 rings (SSSR count).